The first-order chi connectivity index (χ1) is 9.85. The summed E-state index contributed by atoms with van der Waals surface area (Å²) in [7, 11) is 0. The van der Waals surface area contributed by atoms with Gasteiger partial charge in [-0.05, 0) is 23.3 Å². The van der Waals surface area contributed by atoms with Crippen LogP contribution in [0.5, 0.6) is 17.2 Å². The minimum absolute atomic E-state index is 0.284. The van der Waals surface area contributed by atoms with E-state index in [1.807, 2.05) is 18.2 Å². The van der Waals surface area contributed by atoms with Crippen LogP contribution in [0.25, 0.3) is 0 Å². The highest BCUT2D eigenvalue weighted by Gasteiger charge is 2.13. The van der Waals surface area contributed by atoms with Gasteiger partial charge in [-0.25, -0.2) is 0 Å². The summed E-state index contributed by atoms with van der Waals surface area (Å²) in [5.74, 6) is 2.32. The van der Waals surface area contributed by atoms with Gasteiger partial charge in [0.2, 0.25) is 6.79 Å². The Balaban J connectivity index is 1.54. The molecule has 1 heterocycles. The van der Waals surface area contributed by atoms with Crippen LogP contribution < -0.4 is 19.9 Å². The second-order valence-electron chi connectivity index (χ2n) is 4.63. The van der Waals surface area contributed by atoms with Crippen molar-refractivity contribution in [1.82, 2.24) is 0 Å². The van der Waals surface area contributed by atoms with Crippen LogP contribution in [0.4, 0.5) is 0 Å². The number of hydrogen-bond donors (Lipinski definition) is 1. The van der Waals surface area contributed by atoms with Crippen molar-refractivity contribution in [3.8, 4) is 17.2 Å². The maximum atomic E-state index is 5.73. The van der Waals surface area contributed by atoms with Gasteiger partial charge in [-0.15, -0.1) is 0 Å². The Kier molecular flexibility index (Phi) is 3.74. The van der Waals surface area contributed by atoms with Gasteiger partial charge in [0.1, 0.15) is 5.75 Å². The fraction of sp³-hybridized carbons (Fsp3) is 0.250. The van der Waals surface area contributed by atoms with E-state index in [-0.39, 0.29) is 6.79 Å². The highest BCUT2D eigenvalue weighted by atomic mass is 16.7. The van der Waals surface area contributed by atoms with Crippen molar-refractivity contribution in [3.63, 3.8) is 0 Å². The van der Waals surface area contributed by atoms with E-state index >= 15 is 0 Å². The van der Waals surface area contributed by atoms with E-state index in [0.29, 0.717) is 13.2 Å². The molecule has 0 spiro atoms. The molecule has 0 amide bonds. The monoisotopic (exact) mass is 271 g/mol. The second kappa shape index (κ2) is 5.84. The van der Waals surface area contributed by atoms with Crippen LogP contribution in [0.15, 0.2) is 42.5 Å². The van der Waals surface area contributed by atoms with Gasteiger partial charge in [-0.2, -0.15) is 0 Å². The van der Waals surface area contributed by atoms with Gasteiger partial charge in [0.05, 0.1) is 6.61 Å². The number of benzene rings is 2. The molecule has 2 N–H and O–H groups in total. The van der Waals surface area contributed by atoms with Gasteiger partial charge in [-0.1, -0.05) is 24.3 Å². The summed E-state index contributed by atoms with van der Waals surface area (Å²) in [6.45, 7) is 1.49. The molecule has 0 saturated heterocycles. The second-order valence-corrected chi connectivity index (χ2v) is 4.63. The molecule has 0 saturated carbocycles. The summed E-state index contributed by atoms with van der Waals surface area (Å²) in [4.78, 5) is 0. The molecule has 20 heavy (non-hydrogen) atoms. The lowest BCUT2D eigenvalue weighted by Crippen LogP contribution is -2.02. The molecule has 0 fully saturated rings. The summed E-state index contributed by atoms with van der Waals surface area (Å²) in [6.07, 6.45) is 0.860. The number of nitrogens with two attached hydrogens (primary N) is 1. The fourth-order valence-electron chi connectivity index (χ4n) is 2.10. The predicted molar refractivity (Wildman–Crippen MR) is 76.1 cm³/mol. The third-order valence-electron chi connectivity index (χ3n) is 3.26. The Morgan fingerprint density at radius 3 is 2.50 bits per heavy atom. The average Bonchev–Trinajstić information content (AvgIpc) is 2.95. The molecule has 104 valence electrons. The summed E-state index contributed by atoms with van der Waals surface area (Å²) >= 11 is 0. The van der Waals surface area contributed by atoms with Crippen LogP contribution >= 0.6 is 0 Å². The number of hydrogen-bond acceptors (Lipinski definition) is 4. The summed E-state index contributed by atoms with van der Waals surface area (Å²) in [5, 5.41) is 0. The van der Waals surface area contributed by atoms with E-state index in [9.17, 15) is 0 Å². The molecular weight excluding hydrogens is 254 g/mol. The first-order valence-electron chi connectivity index (χ1n) is 6.65. The molecular formula is C16H17NO3. The van der Waals surface area contributed by atoms with E-state index in [2.05, 4.69) is 24.3 Å². The van der Waals surface area contributed by atoms with Crippen molar-refractivity contribution in [3.05, 3.63) is 53.6 Å². The van der Waals surface area contributed by atoms with Gasteiger partial charge in [0.15, 0.2) is 11.5 Å². The molecule has 0 unspecified atom stereocenters. The van der Waals surface area contributed by atoms with E-state index in [1.165, 1.54) is 5.56 Å². The maximum Gasteiger partial charge on any atom is 0.231 e. The van der Waals surface area contributed by atoms with Crippen molar-refractivity contribution < 1.29 is 14.2 Å². The Morgan fingerprint density at radius 2 is 1.70 bits per heavy atom. The lowest BCUT2D eigenvalue weighted by molar-refractivity contribution is 0.173. The Hall–Kier alpha value is -2.20. The van der Waals surface area contributed by atoms with Gasteiger partial charge in [-0.3, -0.25) is 0 Å². The molecule has 2 aromatic rings. The molecule has 0 radical (unpaired) electrons. The van der Waals surface area contributed by atoms with Crippen molar-refractivity contribution in [2.24, 2.45) is 5.73 Å². The zero-order valence-corrected chi connectivity index (χ0v) is 11.2. The van der Waals surface area contributed by atoms with Crippen LogP contribution in [-0.2, 0) is 13.0 Å². The normalized spacial score (nSPS) is 12.4. The van der Waals surface area contributed by atoms with Crippen LogP contribution in [0.1, 0.15) is 11.1 Å². The minimum atomic E-state index is 0.284. The number of rotatable bonds is 5. The molecule has 0 atom stereocenters. The summed E-state index contributed by atoms with van der Waals surface area (Å²) in [6, 6.07) is 13.9. The molecule has 0 bridgehead atoms. The average molecular weight is 271 g/mol. The standard InChI is InChI=1S/C16H17NO3/c17-10-13-3-1-12(2-4-13)7-8-18-14-5-6-15-16(9-14)20-11-19-15/h1-6,9H,7-8,10-11,17H2. The third-order valence-corrected chi connectivity index (χ3v) is 3.26. The zero-order chi connectivity index (χ0) is 13.8. The first kappa shape index (κ1) is 12.8. The molecule has 4 nitrogen and oxygen atoms in total. The van der Waals surface area contributed by atoms with Crippen molar-refractivity contribution in [2.75, 3.05) is 13.4 Å². The largest absolute Gasteiger partial charge is 0.493 e. The predicted octanol–water partition coefficient (Wildman–Crippen LogP) is 2.50. The molecule has 4 heteroatoms. The molecule has 0 aromatic heterocycles. The lowest BCUT2D eigenvalue weighted by atomic mass is 10.1. The molecule has 1 aliphatic rings. The van der Waals surface area contributed by atoms with Crippen LogP contribution in [0, 0.1) is 0 Å². The van der Waals surface area contributed by atoms with Crippen molar-refractivity contribution >= 4 is 0 Å². The fourth-order valence-corrected chi connectivity index (χ4v) is 2.10. The Labute approximate surface area is 118 Å². The van der Waals surface area contributed by atoms with E-state index < -0.39 is 0 Å². The molecule has 0 aliphatic carbocycles. The SMILES string of the molecule is NCc1ccc(CCOc2ccc3c(c2)OCO3)cc1. The molecule has 3 rings (SSSR count). The minimum Gasteiger partial charge on any atom is -0.493 e. The van der Waals surface area contributed by atoms with E-state index in [0.717, 1.165) is 29.2 Å². The van der Waals surface area contributed by atoms with Crippen LogP contribution in [-0.4, -0.2) is 13.4 Å². The molecule has 1 aliphatic heterocycles. The van der Waals surface area contributed by atoms with Gasteiger partial charge in [0, 0.05) is 19.0 Å². The van der Waals surface area contributed by atoms with E-state index in [4.69, 9.17) is 19.9 Å². The quantitative estimate of drug-likeness (QED) is 0.907. The Morgan fingerprint density at radius 1 is 0.950 bits per heavy atom. The summed E-state index contributed by atoms with van der Waals surface area (Å²) < 4.78 is 16.3. The van der Waals surface area contributed by atoms with Crippen molar-refractivity contribution in [1.29, 1.82) is 0 Å². The molecule has 2 aromatic carbocycles. The van der Waals surface area contributed by atoms with Gasteiger partial charge < -0.3 is 19.9 Å². The topological polar surface area (TPSA) is 53.7 Å². The highest BCUT2D eigenvalue weighted by Crippen LogP contribution is 2.35. The Bertz CT molecular complexity index is 581. The first-order valence-corrected chi connectivity index (χ1v) is 6.65. The van der Waals surface area contributed by atoms with E-state index in [1.54, 1.807) is 0 Å². The summed E-state index contributed by atoms with van der Waals surface area (Å²) in [5.41, 5.74) is 7.96. The third kappa shape index (κ3) is 2.86. The van der Waals surface area contributed by atoms with Gasteiger partial charge in [0.25, 0.3) is 0 Å². The maximum absolute atomic E-state index is 5.73. The smallest absolute Gasteiger partial charge is 0.231 e. The number of ether oxygens (including phenoxy) is 3. The number of fused-ring (bicyclic) bond motifs is 1. The van der Waals surface area contributed by atoms with Crippen LogP contribution in [0.3, 0.4) is 0 Å². The van der Waals surface area contributed by atoms with Crippen LogP contribution in [0.2, 0.25) is 0 Å². The highest BCUT2D eigenvalue weighted by molar-refractivity contribution is 5.46. The van der Waals surface area contributed by atoms with Crippen molar-refractivity contribution in [2.45, 2.75) is 13.0 Å². The van der Waals surface area contributed by atoms with Gasteiger partial charge >= 0.3 is 0 Å². The zero-order valence-electron chi connectivity index (χ0n) is 11.2. The lowest BCUT2D eigenvalue weighted by Gasteiger charge is -2.07.